The largest absolute Gasteiger partial charge is 0.376 e. The molecule has 1 aromatic heterocycles. The van der Waals surface area contributed by atoms with E-state index >= 15 is 0 Å². The first-order valence-electron chi connectivity index (χ1n) is 9.98. The van der Waals surface area contributed by atoms with Crippen LogP contribution in [0.4, 0.5) is 17.2 Å². The van der Waals surface area contributed by atoms with E-state index < -0.39 is 0 Å². The van der Waals surface area contributed by atoms with Crippen LogP contribution in [-0.4, -0.2) is 23.1 Å². The Hall–Kier alpha value is -1.67. The van der Waals surface area contributed by atoms with Crippen LogP contribution in [0.25, 0.3) is 0 Å². The van der Waals surface area contributed by atoms with E-state index in [1.807, 2.05) is 23.1 Å². The lowest BCUT2D eigenvalue weighted by molar-refractivity contribution is -0.124. The molecule has 0 unspecified atom stereocenters. The van der Waals surface area contributed by atoms with Crippen molar-refractivity contribution in [3.63, 3.8) is 0 Å². The molecular weight excluding hydrogens is 465 g/mol. The lowest BCUT2D eigenvalue weighted by Gasteiger charge is -2.33. The van der Waals surface area contributed by atoms with Gasteiger partial charge in [-0.15, -0.1) is 0 Å². The number of hydrogen-bond donors (Lipinski definition) is 1. The number of benzene rings is 1. The van der Waals surface area contributed by atoms with Crippen LogP contribution in [0.1, 0.15) is 45.1 Å². The van der Waals surface area contributed by atoms with Crippen molar-refractivity contribution in [3.05, 3.63) is 45.7 Å². The predicted molar refractivity (Wildman–Crippen MR) is 120 cm³/mol. The SMILES string of the molecule is CC(C)OC1CCC(C(=O)N2Cc3cccnc3Nc3ccc(I)cc32)CC1. The average molecular weight is 491 g/mol. The number of rotatable bonds is 3. The highest BCUT2D eigenvalue weighted by molar-refractivity contribution is 14.1. The second-order valence-corrected chi connectivity index (χ2v) is 9.13. The Bertz CT molecular complexity index is 863. The van der Waals surface area contributed by atoms with E-state index in [1.54, 1.807) is 6.20 Å². The molecular formula is C22H26IN3O2. The van der Waals surface area contributed by atoms with E-state index in [9.17, 15) is 4.79 Å². The number of hydrogen-bond acceptors (Lipinski definition) is 4. The number of nitrogens with zero attached hydrogens (tertiary/aromatic N) is 2. The Morgan fingerprint density at radius 3 is 2.79 bits per heavy atom. The molecule has 1 aromatic carbocycles. The topological polar surface area (TPSA) is 54.5 Å². The maximum atomic E-state index is 13.6. The summed E-state index contributed by atoms with van der Waals surface area (Å²) < 4.78 is 7.07. The zero-order valence-electron chi connectivity index (χ0n) is 16.3. The van der Waals surface area contributed by atoms with Gasteiger partial charge in [0.25, 0.3) is 0 Å². The Morgan fingerprint density at radius 2 is 2.04 bits per heavy atom. The van der Waals surface area contributed by atoms with E-state index in [0.717, 1.165) is 52.0 Å². The number of fused-ring (bicyclic) bond motifs is 2. The van der Waals surface area contributed by atoms with E-state index in [1.165, 1.54) is 0 Å². The maximum Gasteiger partial charge on any atom is 0.230 e. The molecule has 4 rings (SSSR count). The molecule has 1 N–H and O–H groups in total. The van der Waals surface area contributed by atoms with Crippen molar-refractivity contribution in [1.29, 1.82) is 0 Å². The lowest BCUT2D eigenvalue weighted by Crippen LogP contribution is -2.38. The van der Waals surface area contributed by atoms with Crippen LogP contribution in [-0.2, 0) is 16.1 Å². The van der Waals surface area contributed by atoms with Gasteiger partial charge in [0.2, 0.25) is 5.91 Å². The Balaban J connectivity index is 1.59. The summed E-state index contributed by atoms with van der Waals surface area (Å²) in [5, 5.41) is 3.42. The molecule has 6 heteroatoms. The van der Waals surface area contributed by atoms with Gasteiger partial charge in [-0.25, -0.2) is 4.98 Å². The van der Waals surface area contributed by atoms with Gasteiger partial charge < -0.3 is 15.0 Å². The lowest BCUT2D eigenvalue weighted by atomic mass is 9.86. The van der Waals surface area contributed by atoms with E-state index in [4.69, 9.17) is 4.74 Å². The fourth-order valence-corrected chi connectivity index (χ4v) is 4.62. The number of carbonyl (C=O) groups excluding carboxylic acids is 1. The first kappa shape index (κ1) is 19.6. The Labute approximate surface area is 180 Å². The molecule has 0 bridgehead atoms. The van der Waals surface area contributed by atoms with Gasteiger partial charge in [-0.2, -0.15) is 0 Å². The van der Waals surface area contributed by atoms with Crippen LogP contribution in [0, 0.1) is 9.49 Å². The van der Waals surface area contributed by atoms with Crippen LogP contribution >= 0.6 is 22.6 Å². The van der Waals surface area contributed by atoms with Crippen molar-refractivity contribution in [1.82, 2.24) is 4.98 Å². The minimum Gasteiger partial charge on any atom is -0.376 e. The highest BCUT2D eigenvalue weighted by Crippen LogP contribution is 2.38. The molecule has 0 saturated heterocycles. The zero-order valence-corrected chi connectivity index (χ0v) is 18.5. The number of aromatic nitrogens is 1. The number of amides is 1. The summed E-state index contributed by atoms with van der Waals surface area (Å²) in [4.78, 5) is 20.0. The van der Waals surface area contributed by atoms with E-state index in [-0.39, 0.29) is 24.0 Å². The van der Waals surface area contributed by atoms with Crippen molar-refractivity contribution in [2.75, 3.05) is 10.2 Å². The first-order chi connectivity index (χ1) is 13.5. The number of carbonyl (C=O) groups is 1. The molecule has 0 spiro atoms. The third kappa shape index (κ3) is 4.17. The van der Waals surface area contributed by atoms with Gasteiger partial charge in [0, 0.05) is 21.2 Å². The summed E-state index contributed by atoms with van der Waals surface area (Å²) in [6, 6.07) is 10.1. The number of ether oxygens (including phenoxy) is 1. The third-order valence-corrected chi connectivity index (χ3v) is 6.15. The Kier molecular flexibility index (Phi) is 5.87. The molecule has 2 aliphatic rings. The second kappa shape index (κ2) is 8.37. The fourth-order valence-electron chi connectivity index (χ4n) is 4.14. The predicted octanol–water partition coefficient (Wildman–Crippen LogP) is 5.26. The molecule has 5 nitrogen and oxygen atoms in total. The van der Waals surface area contributed by atoms with Crippen LogP contribution in [0.15, 0.2) is 36.5 Å². The van der Waals surface area contributed by atoms with Gasteiger partial charge in [-0.1, -0.05) is 6.07 Å². The minimum atomic E-state index is 0.0518. The normalized spacial score (nSPS) is 21.5. The number of pyridine rings is 1. The molecule has 28 heavy (non-hydrogen) atoms. The summed E-state index contributed by atoms with van der Waals surface area (Å²) in [7, 11) is 0. The summed E-state index contributed by atoms with van der Waals surface area (Å²) in [5.74, 6) is 1.09. The molecule has 1 aliphatic heterocycles. The molecule has 1 fully saturated rings. The van der Waals surface area contributed by atoms with Crippen LogP contribution in [0.2, 0.25) is 0 Å². The van der Waals surface area contributed by atoms with E-state index in [0.29, 0.717) is 6.54 Å². The van der Waals surface area contributed by atoms with Gasteiger partial charge >= 0.3 is 0 Å². The van der Waals surface area contributed by atoms with Gasteiger partial charge in [0.1, 0.15) is 5.82 Å². The number of anilines is 3. The van der Waals surface area contributed by atoms with Crippen molar-refractivity contribution < 1.29 is 9.53 Å². The van der Waals surface area contributed by atoms with Crippen molar-refractivity contribution in [2.24, 2.45) is 5.92 Å². The van der Waals surface area contributed by atoms with Gasteiger partial charge in [0.05, 0.1) is 30.1 Å². The fraction of sp³-hybridized carbons (Fsp3) is 0.455. The van der Waals surface area contributed by atoms with Crippen molar-refractivity contribution >= 4 is 45.7 Å². The van der Waals surface area contributed by atoms with Gasteiger partial charge in [0.15, 0.2) is 0 Å². The first-order valence-corrected chi connectivity index (χ1v) is 11.1. The van der Waals surface area contributed by atoms with Crippen LogP contribution < -0.4 is 10.2 Å². The summed E-state index contributed by atoms with van der Waals surface area (Å²) in [6.45, 7) is 4.70. The van der Waals surface area contributed by atoms with Crippen molar-refractivity contribution in [2.45, 2.75) is 58.3 Å². The monoisotopic (exact) mass is 491 g/mol. The summed E-state index contributed by atoms with van der Waals surface area (Å²) in [5.41, 5.74) is 2.91. The highest BCUT2D eigenvalue weighted by Gasteiger charge is 2.33. The number of nitrogens with one attached hydrogen (secondary N) is 1. The smallest absolute Gasteiger partial charge is 0.230 e. The second-order valence-electron chi connectivity index (χ2n) is 7.88. The molecule has 0 atom stereocenters. The van der Waals surface area contributed by atoms with E-state index in [2.05, 4.69) is 58.9 Å². The zero-order chi connectivity index (χ0) is 19.7. The molecule has 2 heterocycles. The minimum absolute atomic E-state index is 0.0518. The van der Waals surface area contributed by atoms with Crippen LogP contribution in [0.3, 0.4) is 0 Å². The standard InChI is InChI=1S/C22H26IN3O2/c1-14(2)28-18-8-5-15(6-9-18)22(27)26-13-16-4-3-11-24-21(16)25-19-10-7-17(23)12-20(19)26/h3-4,7,10-12,14-15,18H,5-6,8-9,13H2,1-2H3,(H,24,25). The molecule has 148 valence electrons. The molecule has 2 aromatic rings. The maximum absolute atomic E-state index is 13.6. The third-order valence-electron chi connectivity index (χ3n) is 5.48. The Morgan fingerprint density at radius 1 is 1.25 bits per heavy atom. The summed E-state index contributed by atoms with van der Waals surface area (Å²) in [6.07, 6.45) is 6.00. The van der Waals surface area contributed by atoms with Crippen LogP contribution in [0.5, 0.6) is 0 Å². The average Bonchev–Trinajstić information content (AvgIpc) is 2.84. The number of halogens is 1. The quantitative estimate of drug-likeness (QED) is 0.596. The summed E-state index contributed by atoms with van der Waals surface area (Å²) >= 11 is 2.30. The molecule has 1 amide bonds. The van der Waals surface area contributed by atoms with Gasteiger partial charge in [-0.05, 0) is 86.4 Å². The molecule has 1 aliphatic carbocycles. The molecule has 0 radical (unpaired) electrons. The van der Waals surface area contributed by atoms with Crippen molar-refractivity contribution in [3.8, 4) is 0 Å². The van der Waals surface area contributed by atoms with Gasteiger partial charge in [-0.3, -0.25) is 4.79 Å². The molecule has 1 saturated carbocycles. The highest BCUT2D eigenvalue weighted by atomic mass is 127.